The molecule has 0 spiro atoms. The van der Waals surface area contributed by atoms with E-state index in [1.165, 1.54) is 19.2 Å². The minimum Gasteiger partial charge on any atom is -0.495 e. The Bertz CT molecular complexity index is 485. The van der Waals surface area contributed by atoms with Gasteiger partial charge in [0.1, 0.15) is 5.75 Å². The van der Waals surface area contributed by atoms with Crippen LogP contribution >= 0.6 is 0 Å². The second-order valence-corrected chi connectivity index (χ2v) is 5.42. The molecule has 1 aromatic rings. The Morgan fingerprint density at radius 2 is 2.12 bits per heavy atom. The van der Waals surface area contributed by atoms with Crippen molar-refractivity contribution in [3.63, 3.8) is 0 Å². The summed E-state index contributed by atoms with van der Waals surface area (Å²) >= 11 is 0. The van der Waals surface area contributed by atoms with Gasteiger partial charge in [-0.05, 0) is 31.5 Å². The van der Waals surface area contributed by atoms with Crippen molar-refractivity contribution in [1.29, 1.82) is 0 Å². The van der Waals surface area contributed by atoms with E-state index in [0.717, 1.165) is 6.42 Å². The fourth-order valence-electron chi connectivity index (χ4n) is 1.34. The van der Waals surface area contributed by atoms with Crippen molar-refractivity contribution >= 4 is 15.7 Å². The van der Waals surface area contributed by atoms with Gasteiger partial charge in [-0.3, -0.25) is 0 Å². The number of methoxy groups -OCH3 is 1. The first-order chi connectivity index (χ1) is 7.88. The fraction of sp³-hybridized carbons (Fsp3) is 0.455. The van der Waals surface area contributed by atoms with Crippen molar-refractivity contribution in [2.45, 2.75) is 31.2 Å². The molecule has 6 heteroatoms. The van der Waals surface area contributed by atoms with E-state index in [1.54, 1.807) is 6.07 Å². The fourth-order valence-corrected chi connectivity index (χ4v) is 1.88. The van der Waals surface area contributed by atoms with Crippen LogP contribution in [0.1, 0.15) is 20.3 Å². The highest BCUT2D eigenvalue weighted by Crippen LogP contribution is 2.27. The van der Waals surface area contributed by atoms with E-state index in [1.807, 2.05) is 13.8 Å². The van der Waals surface area contributed by atoms with Crippen LogP contribution in [0.3, 0.4) is 0 Å². The second kappa shape index (κ2) is 5.37. The van der Waals surface area contributed by atoms with Crippen LogP contribution in [0, 0.1) is 0 Å². The molecule has 0 saturated carbocycles. The lowest BCUT2D eigenvalue weighted by Crippen LogP contribution is -2.16. The van der Waals surface area contributed by atoms with Crippen molar-refractivity contribution in [2.24, 2.45) is 5.14 Å². The van der Waals surface area contributed by atoms with Gasteiger partial charge in [0.05, 0.1) is 17.7 Å². The number of benzene rings is 1. The van der Waals surface area contributed by atoms with E-state index < -0.39 is 10.0 Å². The van der Waals surface area contributed by atoms with Crippen molar-refractivity contribution < 1.29 is 13.2 Å². The summed E-state index contributed by atoms with van der Waals surface area (Å²) < 4.78 is 27.7. The highest BCUT2D eigenvalue weighted by atomic mass is 32.2. The summed E-state index contributed by atoms with van der Waals surface area (Å²) in [5.74, 6) is 0.595. The Morgan fingerprint density at radius 1 is 1.47 bits per heavy atom. The van der Waals surface area contributed by atoms with Gasteiger partial charge in [-0.15, -0.1) is 0 Å². The SMILES string of the molecule is CCC(C)Nc1cc(S(N)(=O)=O)ccc1OC. The largest absolute Gasteiger partial charge is 0.495 e. The van der Waals surface area contributed by atoms with E-state index in [2.05, 4.69) is 5.32 Å². The molecule has 0 aliphatic rings. The van der Waals surface area contributed by atoms with Gasteiger partial charge in [0.15, 0.2) is 0 Å². The zero-order chi connectivity index (χ0) is 13.1. The normalized spacial score (nSPS) is 13.2. The number of primary sulfonamides is 1. The molecule has 0 heterocycles. The number of sulfonamides is 1. The molecule has 0 aromatic heterocycles. The minimum absolute atomic E-state index is 0.0732. The van der Waals surface area contributed by atoms with Crippen molar-refractivity contribution in [3.8, 4) is 5.75 Å². The van der Waals surface area contributed by atoms with E-state index in [9.17, 15) is 8.42 Å². The lowest BCUT2D eigenvalue weighted by atomic mass is 10.2. The number of ether oxygens (including phenoxy) is 1. The lowest BCUT2D eigenvalue weighted by molar-refractivity contribution is 0.415. The van der Waals surface area contributed by atoms with Gasteiger partial charge in [-0.1, -0.05) is 6.92 Å². The van der Waals surface area contributed by atoms with Crippen LogP contribution in [0.15, 0.2) is 23.1 Å². The van der Waals surface area contributed by atoms with E-state index in [0.29, 0.717) is 11.4 Å². The summed E-state index contributed by atoms with van der Waals surface area (Å²) in [5, 5.41) is 8.26. The molecule has 1 aromatic carbocycles. The zero-order valence-electron chi connectivity index (χ0n) is 10.2. The van der Waals surface area contributed by atoms with Crippen molar-refractivity contribution in [3.05, 3.63) is 18.2 Å². The Hall–Kier alpha value is -1.27. The predicted octanol–water partition coefficient (Wildman–Crippen LogP) is 1.55. The van der Waals surface area contributed by atoms with Crippen LogP contribution in [0.25, 0.3) is 0 Å². The maximum atomic E-state index is 11.2. The van der Waals surface area contributed by atoms with E-state index in [-0.39, 0.29) is 10.9 Å². The summed E-state index contributed by atoms with van der Waals surface area (Å²) in [5.41, 5.74) is 0.633. The van der Waals surface area contributed by atoms with Gasteiger partial charge < -0.3 is 10.1 Å². The smallest absolute Gasteiger partial charge is 0.238 e. The molecule has 96 valence electrons. The lowest BCUT2D eigenvalue weighted by Gasteiger charge is -2.16. The predicted molar refractivity (Wildman–Crippen MR) is 67.7 cm³/mol. The first kappa shape index (κ1) is 13.8. The first-order valence-corrected chi connectivity index (χ1v) is 6.90. The Balaban J connectivity index is 3.15. The van der Waals surface area contributed by atoms with Crippen LogP contribution in [0.2, 0.25) is 0 Å². The van der Waals surface area contributed by atoms with Gasteiger partial charge in [0, 0.05) is 6.04 Å². The van der Waals surface area contributed by atoms with Gasteiger partial charge in [-0.25, -0.2) is 13.6 Å². The van der Waals surface area contributed by atoms with Gasteiger partial charge in [-0.2, -0.15) is 0 Å². The summed E-state index contributed by atoms with van der Waals surface area (Å²) in [6, 6.07) is 4.72. The molecule has 1 rings (SSSR count). The molecule has 0 radical (unpaired) electrons. The van der Waals surface area contributed by atoms with Crippen LogP contribution in [-0.4, -0.2) is 21.6 Å². The van der Waals surface area contributed by atoms with Gasteiger partial charge in [0.2, 0.25) is 10.0 Å². The molecule has 1 unspecified atom stereocenters. The van der Waals surface area contributed by atoms with E-state index >= 15 is 0 Å². The third-order valence-corrected chi connectivity index (χ3v) is 3.42. The van der Waals surface area contributed by atoms with Gasteiger partial charge in [0.25, 0.3) is 0 Å². The van der Waals surface area contributed by atoms with Crippen molar-refractivity contribution in [2.75, 3.05) is 12.4 Å². The number of nitrogens with two attached hydrogens (primary N) is 1. The molecule has 5 nitrogen and oxygen atoms in total. The number of nitrogens with one attached hydrogen (secondary N) is 1. The molecular weight excluding hydrogens is 240 g/mol. The standard InChI is InChI=1S/C11H18N2O3S/c1-4-8(2)13-10-7-9(17(12,14)15)5-6-11(10)16-3/h5-8,13H,4H2,1-3H3,(H2,12,14,15). The topological polar surface area (TPSA) is 81.4 Å². The van der Waals surface area contributed by atoms with Gasteiger partial charge >= 0.3 is 0 Å². The Kier molecular flexibility index (Phi) is 4.36. The second-order valence-electron chi connectivity index (χ2n) is 3.86. The Labute approximate surface area is 102 Å². The average molecular weight is 258 g/mol. The molecule has 0 saturated heterocycles. The molecule has 0 amide bonds. The molecule has 0 aliphatic carbocycles. The summed E-state index contributed by atoms with van der Waals surface area (Å²) in [7, 11) is -2.15. The van der Waals surface area contributed by atoms with Crippen molar-refractivity contribution in [1.82, 2.24) is 0 Å². The highest BCUT2D eigenvalue weighted by Gasteiger charge is 2.12. The number of rotatable bonds is 5. The molecule has 1 atom stereocenters. The maximum Gasteiger partial charge on any atom is 0.238 e. The number of anilines is 1. The number of hydrogen-bond acceptors (Lipinski definition) is 4. The zero-order valence-corrected chi connectivity index (χ0v) is 11.0. The van der Waals surface area contributed by atoms with Crippen LogP contribution in [0.4, 0.5) is 5.69 Å². The third-order valence-electron chi connectivity index (χ3n) is 2.51. The number of hydrogen-bond donors (Lipinski definition) is 2. The summed E-state index contributed by atoms with van der Waals surface area (Å²) in [4.78, 5) is 0.0732. The first-order valence-electron chi connectivity index (χ1n) is 5.35. The van der Waals surface area contributed by atoms with E-state index in [4.69, 9.17) is 9.88 Å². The molecule has 0 fully saturated rings. The summed E-state index contributed by atoms with van der Waals surface area (Å²) in [6.07, 6.45) is 0.919. The molecule has 0 bridgehead atoms. The highest BCUT2D eigenvalue weighted by molar-refractivity contribution is 7.89. The average Bonchev–Trinajstić information content (AvgIpc) is 2.27. The molecule has 17 heavy (non-hydrogen) atoms. The molecular formula is C11H18N2O3S. The Morgan fingerprint density at radius 3 is 2.59 bits per heavy atom. The monoisotopic (exact) mass is 258 g/mol. The summed E-state index contributed by atoms with van der Waals surface area (Å²) in [6.45, 7) is 4.04. The van der Waals surface area contributed by atoms with Crippen LogP contribution < -0.4 is 15.2 Å². The third kappa shape index (κ3) is 3.61. The molecule has 0 aliphatic heterocycles. The van der Waals surface area contributed by atoms with Crippen LogP contribution in [-0.2, 0) is 10.0 Å². The minimum atomic E-state index is -3.69. The quantitative estimate of drug-likeness (QED) is 0.839. The molecule has 3 N–H and O–H groups in total. The maximum absolute atomic E-state index is 11.2. The van der Waals surface area contributed by atoms with Crippen LogP contribution in [0.5, 0.6) is 5.75 Å².